The van der Waals surface area contributed by atoms with Gasteiger partial charge in [-0.2, -0.15) is 0 Å². The number of benzene rings is 1. The predicted octanol–water partition coefficient (Wildman–Crippen LogP) is 1.82. The first kappa shape index (κ1) is 17.9. The number of carbonyl (C=O) groups excluding carboxylic acids is 2. The van der Waals surface area contributed by atoms with Gasteiger partial charge in [-0.05, 0) is 44.5 Å². The zero-order valence-electron chi connectivity index (χ0n) is 13.4. The van der Waals surface area contributed by atoms with Crippen LogP contribution in [0.2, 0.25) is 0 Å². The lowest BCUT2D eigenvalue weighted by Gasteiger charge is -2.35. The van der Waals surface area contributed by atoms with Crippen molar-refractivity contribution in [3.05, 3.63) is 34.4 Å². The van der Waals surface area contributed by atoms with Crippen LogP contribution < -0.4 is 10.1 Å². The van der Waals surface area contributed by atoms with Gasteiger partial charge in [0.25, 0.3) is 5.69 Å². The van der Waals surface area contributed by atoms with Crippen LogP contribution in [0.25, 0.3) is 0 Å². The number of rotatable bonds is 6. The average Bonchev–Trinajstić information content (AvgIpc) is 2.60. The summed E-state index contributed by atoms with van der Waals surface area (Å²) in [6.45, 7) is 1.33. The van der Waals surface area contributed by atoms with E-state index in [1.165, 1.54) is 31.4 Å². The van der Waals surface area contributed by atoms with Crippen LogP contribution in [-0.4, -0.2) is 37.1 Å². The topological polar surface area (TPSA) is 108 Å². The highest BCUT2D eigenvalue weighted by Crippen LogP contribution is 2.36. The van der Waals surface area contributed by atoms with Crippen LogP contribution in [0.5, 0.6) is 5.75 Å². The fraction of sp³-hybridized carbons (Fsp3) is 0.500. The van der Waals surface area contributed by atoms with Gasteiger partial charge in [0.05, 0.1) is 17.4 Å². The average molecular weight is 336 g/mol. The first-order valence-corrected chi connectivity index (χ1v) is 7.71. The minimum absolute atomic E-state index is 0.0722. The zero-order chi connectivity index (χ0) is 17.6. The molecule has 2 rings (SSSR count). The molecule has 0 aliphatic carbocycles. The third-order valence-corrected chi connectivity index (χ3v) is 4.29. The fourth-order valence-corrected chi connectivity index (χ4v) is 2.76. The van der Waals surface area contributed by atoms with E-state index in [0.717, 1.165) is 0 Å². The van der Waals surface area contributed by atoms with Crippen molar-refractivity contribution >= 4 is 17.6 Å². The summed E-state index contributed by atoms with van der Waals surface area (Å²) >= 11 is 0. The molecule has 0 amide bonds. The molecule has 1 aliphatic rings. The molecule has 1 fully saturated rings. The summed E-state index contributed by atoms with van der Waals surface area (Å²) in [5.41, 5.74) is -0.821. The molecule has 0 saturated carbocycles. The molecule has 0 atom stereocenters. The molecular formula is C16H20N2O6. The molecule has 1 heterocycles. The Labute approximate surface area is 139 Å². The highest BCUT2D eigenvalue weighted by molar-refractivity contribution is 5.80. The number of non-ortho nitro benzene ring substituents is 1. The maximum atomic E-state index is 12.7. The minimum Gasteiger partial charge on any atom is -0.469 e. The third kappa shape index (κ3) is 4.29. The van der Waals surface area contributed by atoms with Crippen molar-refractivity contribution in [3.63, 3.8) is 0 Å². The van der Waals surface area contributed by atoms with Gasteiger partial charge in [0.2, 0.25) is 0 Å². The quantitative estimate of drug-likeness (QED) is 0.365. The van der Waals surface area contributed by atoms with Crippen LogP contribution in [-0.2, 0) is 14.3 Å². The summed E-state index contributed by atoms with van der Waals surface area (Å²) in [5, 5.41) is 13.8. The highest BCUT2D eigenvalue weighted by Gasteiger charge is 2.41. The van der Waals surface area contributed by atoms with E-state index in [1.807, 2.05) is 0 Å². The van der Waals surface area contributed by atoms with Crippen molar-refractivity contribution in [2.45, 2.75) is 25.7 Å². The summed E-state index contributed by atoms with van der Waals surface area (Å²) in [4.78, 5) is 34.2. The number of nitrogens with one attached hydrogen (secondary N) is 1. The molecule has 130 valence electrons. The van der Waals surface area contributed by atoms with Crippen LogP contribution in [0, 0.1) is 15.5 Å². The number of nitrogens with zero attached hydrogens (tertiary/aromatic N) is 1. The molecule has 8 nitrogen and oxygen atoms in total. The van der Waals surface area contributed by atoms with Gasteiger partial charge >= 0.3 is 11.9 Å². The maximum Gasteiger partial charge on any atom is 0.317 e. The Balaban J connectivity index is 2.09. The van der Waals surface area contributed by atoms with Gasteiger partial charge < -0.3 is 14.8 Å². The van der Waals surface area contributed by atoms with Crippen molar-refractivity contribution < 1.29 is 24.0 Å². The number of nitro groups is 1. The summed E-state index contributed by atoms with van der Waals surface area (Å²) in [6, 6.07) is 5.36. The van der Waals surface area contributed by atoms with Crippen molar-refractivity contribution in [1.29, 1.82) is 0 Å². The number of carbonyl (C=O) groups is 2. The highest BCUT2D eigenvalue weighted by atomic mass is 16.6. The molecule has 0 spiro atoms. The van der Waals surface area contributed by atoms with E-state index in [0.29, 0.717) is 32.4 Å². The van der Waals surface area contributed by atoms with Crippen LogP contribution in [0.3, 0.4) is 0 Å². The van der Waals surface area contributed by atoms with Crippen molar-refractivity contribution in [1.82, 2.24) is 5.32 Å². The lowest BCUT2D eigenvalue weighted by molar-refractivity contribution is -0.384. The molecule has 8 heteroatoms. The number of hydrogen-bond acceptors (Lipinski definition) is 7. The predicted molar refractivity (Wildman–Crippen MR) is 84.5 cm³/mol. The fourth-order valence-electron chi connectivity index (χ4n) is 2.76. The molecule has 0 bridgehead atoms. The number of ether oxygens (including phenoxy) is 2. The van der Waals surface area contributed by atoms with E-state index in [9.17, 15) is 19.7 Å². The monoisotopic (exact) mass is 336 g/mol. The van der Waals surface area contributed by atoms with E-state index < -0.39 is 16.3 Å². The third-order valence-electron chi connectivity index (χ3n) is 4.29. The number of methoxy groups -OCH3 is 1. The van der Waals surface area contributed by atoms with Gasteiger partial charge in [0.1, 0.15) is 5.75 Å². The summed E-state index contributed by atoms with van der Waals surface area (Å²) in [6.07, 6.45) is 1.63. The van der Waals surface area contributed by atoms with Gasteiger partial charge in [-0.25, -0.2) is 0 Å². The zero-order valence-corrected chi connectivity index (χ0v) is 13.4. The molecule has 0 aromatic heterocycles. The maximum absolute atomic E-state index is 12.7. The minimum atomic E-state index is -0.749. The second-order valence-electron chi connectivity index (χ2n) is 5.75. The molecule has 0 unspecified atom stereocenters. The molecule has 0 radical (unpaired) electrons. The summed E-state index contributed by atoms with van der Waals surface area (Å²) in [7, 11) is 1.31. The Bertz CT molecular complexity index is 607. The van der Waals surface area contributed by atoms with Crippen molar-refractivity contribution in [2.75, 3.05) is 20.2 Å². The molecule has 1 aromatic carbocycles. The van der Waals surface area contributed by atoms with E-state index in [1.54, 1.807) is 0 Å². The Morgan fingerprint density at radius 2 is 1.88 bits per heavy atom. The van der Waals surface area contributed by atoms with E-state index in [-0.39, 0.29) is 23.8 Å². The largest absolute Gasteiger partial charge is 0.469 e. The van der Waals surface area contributed by atoms with Gasteiger partial charge in [-0.15, -0.1) is 0 Å². The lowest BCUT2D eigenvalue weighted by atomic mass is 9.75. The number of nitro benzene ring substituents is 1. The van der Waals surface area contributed by atoms with Gasteiger partial charge in [0.15, 0.2) is 0 Å². The lowest BCUT2D eigenvalue weighted by Crippen LogP contribution is -2.44. The second kappa shape index (κ2) is 7.87. The van der Waals surface area contributed by atoms with Crippen molar-refractivity contribution in [3.8, 4) is 5.75 Å². The van der Waals surface area contributed by atoms with Crippen LogP contribution >= 0.6 is 0 Å². The van der Waals surface area contributed by atoms with Crippen LogP contribution in [0.1, 0.15) is 25.7 Å². The van der Waals surface area contributed by atoms with Crippen LogP contribution in [0.15, 0.2) is 24.3 Å². The van der Waals surface area contributed by atoms with Gasteiger partial charge in [-0.3, -0.25) is 19.7 Å². The molecule has 24 heavy (non-hydrogen) atoms. The van der Waals surface area contributed by atoms with E-state index in [4.69, 9.17) is 4.74 Å². The van der Waals surface area contributed by atoms with Gasteiger partial charge in [-0.1, -0.05) is 0 Å². The standard InChI is InChI=1S/C16H20N2O6/c1-23-14(19)6-7-16(8-10-17-11-9-16)15(20)24-13-4-2-12(3-5-13)18(21)22/h2-5,17H,6-11H2,1H3. The second-order valence-corrected chi connectivity index (χ2v) is 5.75. The Kier molecular flexibility index (Phi) is 5.86. The first-order valence-electron chi connectivity index (χ1n) is 7.71. The number of piperidine rings is 1. The van der Waals surface area contributed by atoms with Crippen molar-refractivity contribution in [2.24, 2.45) is 5.41 Å². The Morgan fingerprint density at radius 1 is 1.25 bits per heavy atom. The van der Waals surface area contributed by atoms with Gasteiger partial charge in [0, 0.05) is 18.6 Å². The SMILES string of the molecule is COC(=O)CCC1(C(=O)Oc2ccc([N+](=O)[O-])cc2)CCNCC1. The first-order chi connectivity index (χ1) is 11.5. The number of esters is 2. The Morgan fingerprint density at radius 3 is 2.42 bits per heavy atom. The summed E-state index contributed by atoms with van der Waals surface area (Å²) < 4.78 is 10.1. The van der Waals surface area contributed by atoms with E-state index in [2.05, 4.69) is 10.1 Å². The Hall–Kier alpha value is -2.48. The molecule has 1 aromatic rings. The van der Waals surface area contributed by atoms with Crippen LogP contribution in [0.4, 0.5) is 5.69 Å². The molecule has 1 aliphatic heterocycles. The molecule has 1 N–H and O–H groups in total. The smallest absolute Gasteiger partial charge is 0.317 e. The normalized spacial score (nSPS) is 16.2. The summed E-state index contributed by atoms with van der Waals surface area (Å²) in [5.74, 6) is -0.528. The van der Waals surface area contributed by atoms with E-state index >= 15 is 0 Å². The molecular weight excluding hydrogens is 316 g/mol. The number of hydrogen-bond donors (Lipinski definition) is 1. The molecule has 1 saturated heterocycles.